The third-order valence-corrected chi connectivity index (χ3v) is 10.6. The molecule has 0 bridgehead atoms. The van der Waals surface area contributed by atoms with Crippen LogP contribution >= 0.6 is 19.2 Å². The number of hydrogen-bond acceptors (Lipinski definition) is 7. The van der Waals surface area contributed by atoms with Crippen LogP contribution < -0.4 is 14.8 Å². The highest BCUT2D eigenvalue weighted by Gasteiger charge is 2.30. The van der Waals surface area contributed by atoms with Crippen molar-refractivity contribution in [1.29, 1.82) is 0 Å². The molecule has 0 unspecified atom stereocenters. The van der Waals surface area contributed by atoms with Gasteiger partial charge in [0.2, 0.25) is 5.91 Å². The van der Waals surface area contributed by atoms with Crippen LogP contribution in [0.3, 0.4) is 0 Å². The lowest BCUT2D eigenvalue weighted by molar-refractivity contribution is -0.153. The van der Waals surface area contributed by atoms with Gasteiger partial charge in [-0.25, -0.2) is 0 Å². The monoisotopic (exact) mass is 760 g/mol. The van der Waals surface area contributed by atoms with Gasteiger partial charge in [0.15, 0.2) is 6.61 Å². The summed E-state index contributed by atoms with van der Waals surface area (Å²) in [5.41, 5.74) is 1.25. The van der Waals surface area contributed by atoms with E-state index in [0.717, 1.165) is 24.8 Å². The van der Waals surface area contributed by atoms with Crippen LogP contribution in [0.4, 0.5) is 13.2 Å². The van der Waals surface area contributed by atoms with Crippen molar-refractivity contribution in [2.75, 3.05) is 19.8 Å². The van der Waals surface area contributed by atoms with Crippen molar-refractivity contribution in [3.8, 4) is 11.5 Å². The molecule has 0 fully saturated rings. The average molecular weight is 761 g/mol. The largest absolute Gasteiger partial charge is 0.487 e. The number of amides is 1. The van der Waals surface area contributed by atoms with Crippen LogP contribution in [0.25, 0.3) is 0 Å². The molecule has 1 amide bonds. The number of pyridine rings is 1. The van der Waals surface area contributed by atoms with Gasteiger partial charge in [0.1, 0.15) is 22.9 Å². The Hall–Kier alpha value is -2.59. The summed E-state index contributed by atoms with van der Waals surface area (Å²) in [6, 6.07) is 9.28. The third kappa shape index (κ3) is 20.3. The minimum atomic E-state index is -4.44. The van der Waals surface area contributed by atoms with Crippen molar-refractivity contribution >= 4 is 25.1 Å². The molecule has 1 aromatic carbocycles. The SMILES string of the molecule is CCCCCCCCCCCCCCCC(=O)N[C@@H](/C=C(\Cl)P(=O)(OCC)OCC)Cc1ccc(OCc2cc(OCC(F)(F)F)ccn2)cc1. The minimum Gasteiger partial charge on any atom is -0.487 e. The summed E-state index contributed by atoms with van der Waals surface area (Å²) in [7, 11) is -3.74. The molecule has 51 heavy (non-hydrogen) atoms. The fraction of sp³-hybridized carbons (Fsp3) is 0.632. The lowest BCUT2D eigenvalue weighted by Gasteiger charge is -2.20. The number of alkyl halides is 3. The van der Waals surface area contributed by atoms with E-state index in [1.165, 1.54) is 88.6 Å². The van der Waals surface area contributed by atoms with Crippen LogP contribution in [-0.4, -0.2) is 42.9 Å². The standard InChI is InChI=1S/C38H57ClF3N2O6P/c1-4-7-8-9-10-11-12-13-14-15-16-17-18-19-37(45)44-32(28-36(39)51(46,49-5-2)50-6-3)26-31-20-22-34(23-21-31)47-29-33-27-35(24-25-43-33)48-30-38(40,41)42/h20-25,27-28,32H,4-19,26,29-30H2,1-3H3,(H,44,45)/b36-28+/t32-/m1/s1. The van der Waals surface area contributed by atoms with E-state index >= 15 is 0 Å². The zero-order valence-electron chi connectivity index (χ0n) is 30.5. The molecule has 0 spiro atoms. The minimum absolute atomic E-state index is 0.0168. The molecular weight excluding hydrogens is 704 g/mol. The Morgan fingerprint density at radius 3 is 1.96 bits per heavy atom. The predicted octanol–water partition coefficient (Wildman–Crippen LogP) is 11.5. The molecule has 1 heterocycles. The van der Waals surface area contributed by atoms with Crippen LogP contribution in [0.2, 0.25) is 0 Å². The first-order chi connectivity index (χ1) is 24.5. The Kier molecular flexibility index (Phi) is 22.2. The van der Waals surface area contributed by atoms with Crippen molar-refractivity contribution in [1.82, 2.24) is 10.3 Å². The number of benzene rings is 1. The lowest BCUT2D eigenvalue weighted by atomic mass is 10.0. The highest BCUT2D eigenvalue weighted by Crippen LogP contribution is 2.57. The first-order valence-corrected chi connectivity index (χ1v) is 20.3. The van der Waals surface area contributed by atoms with Gasteiger partial charge < -0.3 is 23.8 Å². The van der Waals surface area contributed by atoms with Crippen LogP contribution in [0.15, 0.2) is 53.4 Å². The topological polar surface area (TPSA) is 96.0 Å². The molecule has 0 aliphatic rings. The number of carbonyl (C=O) groups excluding carboxylic acids is 1. The maximum atomic E-state index is 13.3. The molecule has 0 aliphatic carbocycles. The van der Waals surface area contributed by atoms with Gasteiger partial charge in [-0.05, 0) is 56.5 Å². The quantitative estimate of drug-likeness (QED) is 0.0681. The highest BCUT2D eigenvalue weighted by atomic mass is 35.5. The summed E-state index contributed by atoms with van der Waals surface area (Å²) in [5.74, 6) is 0.430. The summed E-state index contributed by atoms with van der Waals surface area (Å²) in [6.07, 6.45) is 15.0. The van der Waals surface area contributed by atoms with E-state index in [0.29, 0.717) is 24.3 Å². The number of halogens is 4. The van der Waals surface area contributed by atoms with Gasteiger partial charge in [-0.3, -0.25) is 14.3 Å². The molecule has 1 atom stereocenters. The Bertz CT molecular complexity index is 1320. The number of nitrogens with zero attached hydrogens (tertiary/aromatic N) is 1. The molecule has 0 saturated heterocycles. The molecular formula is C38H57ClF3N2O6P. The van der Waals surface area contributed by atoms with Crippen molar-refractivity contribution in [3.63, 3.8) is 0 Å². The molecule has 1 N–H and O–H groups in total. The second kappa shape index (κ2) is 25.4. The Morgan fingerprint density at radius 1 is 0.843 bits per heavy atom. The lowest BCUT2D eigenvalue weighted by Crippen LogP contribution is -2.35. The molecule has 288 valence electrons. The van der Waals surface area contributed by atoms with Crippen LogP contribution in [0.1, 0.15) is 122 Å². The zero-order valence-corrected chi connectivity index (χ0v) is 32.1. The third-order valence-electron chi connectivity index (χ3n) is 8.01. The predicted molar refractivity (Wildman–Crippen MR) is 197 cm³/mol. The van der Waals surface area contributed by atoms with E-state index in [2.05, 4.69) is 17.2 Å². The summed E-state index contributed by atoms with van der Waals surface area (Å²) < 4.78 is 72.0. The van der Waals surface area contributed by atoms with Gasteiger partial charge in [0, 0.05) is 18.7 Å². The first-order valence-electron chi connectivity index (χ1n) is 18.4. The van der Waals surface area contributed by atoms with Crippen molar-refractivity contribution in [2.24, 2.45) is 0 Å². The average Bonchev–Trinajstić information content (AvgIpc) is 3.09. The van der Waals surface area contributed by atoms with Gasteiger partial charge in [-0.1, -0.05) is 108 Å². The summed E-state index contributed by atoms with van der Waals surface area (Å²) in [4.78, 5) is 17.1. The van der Waals surface area contributed by atoms with Crippen molar-refractivity contribution in [3.05, 3.63) is 64.7 Å². The van der Waals surface area contributed by atoms with Gasteiger partial charge in [0.25, 0.3) is 0 Å². The number of nitrogens with one attached hydrogen (secondary N) is 1. The molecule has 0 radical (unpaired) electrons. The van der Waals surface area contributed by atoms with E-state index in [4.69, 9.17) is 30.1 Å². The smallest absolute Gasteiger partial charge is 0.422 e. The first kappa shape index (κ1) is 44.6. The maximum Gasteiger partial charge on any atom is 0.422 e. The number of aromatic nitrogens is 1. The Morgan fingerprint density at radius 2 is 1.41 bits per heavy atom. The highest BCUT2D eigenvalue weighted by molar-refractivity contribution is 7.61. The molecule has 2 aromatic rings. The van der Waals surface area contributed by atoms with Crippen molar-refractivity contribution in [2.45, 2.75) is 136 Å². The molecule has 0 aliphatic heterocycles. The van der Waals surface area contributed by atoms with Gasteiger partial charge >= 0.3 is 13.8 Å². The van der Waals surface area contributed by atoms with E-state index < -0.39 is 26.4 Å². The Labute approximate surface area is 307 Å². The zero-order chi connectivity index (χ0) is 37.4. The van der Waals surface area contributed by atoms with Crippen LogP contribution in [-0.2, 0) is 31.4 Å². The Balaban J connectivity index is 1.92. The summed E-state index contributed by atoms with van der Waals surface area (Å²) in [6.45, 7) is 4.53. The van der Waals surface area contributed by atoms with E-state index in [1.54, 1.807) is 26.0 Å². The molecule has 0 saturated carbocycles. The van der Waals surface area contributed by atoms with Gasteiger partial charge in [0.05, 0.1) is 24.9 Å². The molecule has 13 heteroatoms. The van der Waals surface area contributed by atoms with Crippen LogP contribution in [0, 0.1) is 0 Å². The summed E-state index contributed by atoms with van der Waals surface area (Å²) >= 11 is 6.51. The molecule has 2 rings (SSSR count). The fourth-order valence-corrected chi connectivity index (χ4v) is 7.22. The van der Waals surface area contributed by atoms with Crippen molar-refractivity contribution < 1.29 is 41.1 Å². The normalized spacial score (nSPS) is 12.9. The van der Waals surface area contributed by atoms with Gasteiger partial charge in [-0.15, -0.1) is 0 Å². The number of ether oxygens (including phenoxy) is 2. The van der Waals surface area contributed by atoms with Crippen LogP contribution in [0.5, 0.6) is 11.5 Å². The van der Waals surface area contributed by atoms with E-state index in [-0.39, 0.29) is 36.3 Å². The summed E-state index contributed by atoms with van der Waals surface area (Å²) in [5, 5.41) is 3.03. The number of rotatable bonds is 28. The molecule has 1 aromatic heterocycles. The van der Waals surface area contributed by atoms with E-state index in [9.17, 15) is 22.5 Å². The number of unbranched alkanes of at least 4 members (excludes halogenated alkanes) is 12. The fourth-order valence-electron chi connectivity index (χ4n) is 5.41. The maximum absolute atomic E-state index is 13.3. The second-order valence-corrected chi connectivity index (χ2v) is 15.2. The second-order valence-electron chi connectivity index (χ2n) is 12.5. The van der Waals surface area contributed by atoms with Gasteiger partial charge in [-0.2, -0.15) is 13.2 Å². The molecule has 8 nitrogen and oxygen atoms in total. The number of carbonyl (C=O) groups is 1. The number of hydrogen-bond donors (Lipinski definition) is 1. The van der Waals surface area contributed by atoms with E-state index in [1.807, 2.05) is 12.1 Å².